The summed E-state index contributed by atoms with van der Waals surface area (Å²) in [6, 6.07) is 7.52. The highest BCUT2D eigenvalue weighted by Gasteiger charge is 2.33. The van der Waals surface area contributed by atoms with Crippen molar-refractivity contribution in [1.29, 1.82) is 0 Å². The molecule has 2 aromatic rings. The molecule has 7 heteroatoms. The molecule has 0 bridgehead atoms. The number of aryl methyl sites for hydroxylation is 1. The van der Waals surface area contributed by atoms with Crippen molar-refractivity contribution in [3.63, 3.8) is 0 Å². The summed E-state index contributed by atoms with van der Waals surface area (Å²) in [5, 5.41) is 2.58. The molecule has 1 N–H and O–H groups in total. The van der Waals surface area contributed by atoms with Crippen LogP contribution in [0.5, 0.6) is 5.75 Å². The highest BCUT2D eigenvalue weighted by Crippen LogP contribution is 2.35. The lowest BCUT2D eigenvalue weighted by molar-refractivity contribution is -0.136. The summed E-state index contributed by atoms with van der Waals surface area (Å²) in [5.41, 5.74) is 2.00. The van der Waals surface area contributed by atoms with E-state index in [9.17, 15) is 9.59 Å². The van der Waals surface area contributed by atoms with Crippen LogP contribution in [0.15, 0.2) is 30.5 Å². The highest BCUT2D eigenvalue weighted by atomic mass is 16.5. The molecule has 1 aromatic carbocycles. The summed E-state index contributed by atoms with van der Waals surface area (Å²) < 4.78 is 7.62. The van der Waals surface area contributed by atoms with Crippen LogP contribution in [0.4, 0.5) is 0 Å². The number of hydrogen-bond acceptors (Lipinski definition) is 4. The second-order valence-corrected chi connectivity index (χ2v) is 6.12. The summed E-state index contributed by atoms with van der Waals surface area (Å²) in [6.45, 7) is 4.38. The van der Waals surface area contributed by atoms with Gasteiger partial charge in [-0.25, -0.2) is 4.98 Å². The number of aromatic nitrogens is 2. The van der Waals surface area contributed by atoms with Crippen molar-refractivity contribution in [3.8, 4) is 5.75 Å². The largest absolute Gasteiger partial charge is 0.496 e. The normalized spacial score (nSPS) is 16.3. The number of methoxy groups -OCH3 is 1. The van der Waals surface area contributed by atoms with E-state index in [2.05, 4.69) is 14.9 Å². The number of nitrogens with one attached hydrogen (secondary N) is 1. The van der Waals surface area contributed by atoms with Crippen LogP contribution < -0.4 is 10.1 Å². The number of benzene rings is 1. The lowest BCUT2D eigenvalue weighted by Gasteiger charge is -2.37. The molecule has 0 fully saturated rings. The van der Waals surface area contributed by atoms with Gasteiger partial charge in [0.25, 0.3) is 0 Å². The maximum absolute atomic E-state index is 12.7. The Bertz CT molecular complexity index is 799. The molecule has 25 heavy (non-hydrogen) atoms. The number of carbonyl (C=O) groups excluding carboxylic acids is 2. The zero-order valence-corrected chi connectivity index (χ0v) is 14.7. The first kappa shape index (κ1) is 17.0. The average molecular weight is 342 g/mol. The minimum absolute atomic E-state index is 0.0271. The zero-order chi connectivity index (χ0) is 18.0. The lowest BCUT2D eigenvalue weighted by atomic mass is 10.0. The molecule has 132 valence electrons. The summed E-state index contributed by atoms with van der Waals surface area (Å²) in [5.74, 6) is 1.22. The standard InChI is InChI=1S/C18H22N4O3/c1-12-8-20-17-11-22(18(24)9-19-13(2)23)15(10-21(12)17)14-6-4-5-7-16(14)25-3/h4-8,15H,9-11H2,1-3H3,(H,19,23). The molecule has 0 saturated carbocycles. The topological polar surface area (TPSA) is 76.5 Å². The number of amides is 2. The number of para-hydroxylation sites is 1. The molecule has 1 aliphatic heterocycles. The van der Waals surface area contributed by atoms with Crippen molar-refractivity contribution in [2.75, 3.05) is 13.7 Å². The fourth-order valence-electron chi connectivity index (χ4n) is 3.19. The quantitative estimate of drug-likeness (QED) is 0.912. The van der Waals surface area contributed by atoms with E-state index in [1.54, 1.807) is 12.0 Å². The third-order valence-corrected chi connectivity index (χ3v) is 4.49. The van der Waals surface area contributed by atoms with Gasteiger partial charge in [-0.3, -0.25) is 9.59 Å². The van der Waals surface area contributed by atoms with Crippen LogP contribution >= 0.6 is 0 Å². The minimum atomic E-state index is -0.225. The Morgan fingerprint density at radius 3 is 2.84 bits per heavy atom. The number of carbonyl (C=O) groups is 2. The Balaban J connectivity index is 1.97. The predicted octanol–water partition coefficient (Wildman–Crippen LogP) is 1.42. The van der Waals surface area contributed by atoms with Crippen LogP contribution in [0, 0.1) is 6.92 Å². The first-order valence-corrected chi connectivity index (χ1v) is 8.19. The smallest absolute Gasteiger partial charge is 0.242 e. The summed E-state index contributed by atoms with van der Waals surface area (Å²) in [4.78, 5) is 30.1. The van der Waals surface area contributed by atoms with Gasteiger partial charge in [-0.1, -0.05) is 18.2 Å². The van der Waals surface area contributed by atoms with Crippen LogP contribution in [0.3, 0.4) is 0 Å². The molecule has 0 aliphatic carbocycles. The number of nitrogens with zero attached hydrogens (tertiary/aromatic N) is 3. The SMILES string of the molecule is COc1ccccc1C1Cn2c(C)cnc2CN1C(=O)CNC(C)=O. The first-order chi connectivity index (χ1) is 12.0. The Labute approximate surface area is 146 Å². The van der Waals surface area contributed by atoms with Crippen molar-refractivity contribution < 1.29 is 14.3 Å². The van der Waals surface area contributed by atoms with Gasteiger partial charge in [0, 0.05) is 30.9 Å². The fraction of sp³-hybridized carbons (Fsp3) is 0.389. The van der Waals surface area contributed by atoms with Crippen LogP contribution in [0.25, 0.3) is 0 Å². The monoisotopic (exact) mass is 342 g/mol. The molecule has 1 atom stereocenters. The molecular weight excluding hydrogens is 320 g/mol. The predicted molar refractivity (Wildman–Crippen MR) is 91.9 cm³/mol. The zero-order valence-electron chi connectivity index (χ0n) is 14.7. The Morgan fingerprint density at radius 1 is 1.36 bits per heavy atom. The average Bonchev–Trinajstić information content (AvgIpc) is 2.98. The van der Waals surface area contributed by atoms with E-state index >= 15 is 0 Å². The van der Waals surface area contributed by atoms with Gasteiger partial charge in [0.2, 0.25) is 11.8 Å². The van der Waals surface area contributed by atoms with E-state index in [1.165, 1.54) is 6.92 Å². The van der Waals surface area contributed by atoms with Gasteiger partial charge in [-0.05, 0) is 13.0 Å². The van der Waals surface area contributed by atoms with E-state index in [0.29, 0.717) is 13.1 Å². The van der Waals surface area contributed by atoms with E-state index in [0.717, 1.165) is 22.8 Å². The molecule has 1 aromatic heterocycles. The second kappa shape index (κ2) is 6.96. The van der Waals surface area contributed by atoms with E-state index in [1.807, 2.05) is 37.4 Å². The van der Waals surface area contributed by atoms with Gasteiger partial charge < -0.3 is 19.5 Å². The first-order valence-electron chi connectivity index (χ1n) is 8.19. The third-order valence-electron chi connectivity index (χ3n) is 4.49. The molecular formula is C18H22N4O3. The Morgan fingerprint density at radius 2 is 2.12 bits per heavy atom. The Kier molecular flexibility index (Phi) is 4.74. The summed E-state index contributed by atoms with van der Waals surface area (Å²) >= 11 is 0. The van der Waals surface area contributed by atoms with Gasteiger partial charge in [0.1, 0.15) is 11.6 Å². The lowest BCUT2D eigenvalue weighted by Crippen LogP contribution is -2.45. The molecule has 7 nitrogen and oxygen atoms in total. The van der Waals surface area contributed by atoms with Crippen LogP contribution in [-0.4, -0.2) is 39.9 Å². The van der Waals surface area contributed by atoms with Crippen molar-refractivity contribution in [2.24, 2.45) is 0 Å². The molecule has 0 saturated heterocycles. The van der Waals surface area contributed by atoms with Crippen molar-refractivity contribution >= 4 is 11.8 Å². The molecule has 3 rings (SSSR count). The van der Waals surface area contributed by atoms with E-state index in [-0.39, 0.29) is 24.4 Å². The minimum Gasteiger partial charge on any atom is -0.496 e. The van der Waals surface area contributed by atoms with Crippen molar-refractivity contribution in [2.45, 2.75) is 33.0 Å². The molecule has 2 heterocycles. The molecule has 1 unspecified atom stereocenters. The summed E-state index contributed by atoms with van der Waals surface area (Å²) in [7, 11) is 1.62. The molecule has 0 spiro atoms. The third kappa shape index (κ3) is 3.35. The van der Waals surface area contributed by atoms with Crippen LogP contribution in [0.1, 0.15) is 30.0 Å². The number of ether oxygens (including phenoxy) is 1. The van der Waals surface area contributed by atoms with E-state index in [4.69, 9.17) is 4.74 Å². The number of rotatable bonds is 4. The molecule has 2 amide bonds. The maximum atomic E-state index is 12.7. The van der Waals surface area contributed by atoms with Gasteiger partial charge in [0.05, 0.1) is 26.2 Å². The van der Waals surface area contributed by atoms with Gasteiger partial charge >= 0.3 is 0 Å². The second-order valence-electron chi connectivity index (χ2n) is 6.12. The van der Waals surface area contributed by atoms with Gasteiger partial charge in [-0.2, -0.15) is 0 Å². The van der Waals surface area contributed by atoms with Gasteiger partial charge in [0.15, 0.2) is 0 Å². The Hall–Kier alpha value is -2.83. The highest BCUT2D eigenvalue weighted by molar-refractivity contribution is 5.84. The van der Waals surface area contributed by atoms with Crippen molar-refractivity contribution in [3.05, 3.63) is 47.5 Å². The number of fused-ring (bicyclic) bond motifs is 1. The summed E-state index contributed by atoms with van der Waals surface area (Å²) in [6.07, 6.45) is 1.82. The number of imidazole rings is 1. The number of hydrogen-bond donors (Lipinski definition) is 1. The van der Waals surface area contributed by atoms with Crippen molar-refractivity contribution in [1.82, 2.24) is 19.8 Å². The molecule has 1 aliphatic rings. The van der Waals surface area contributed by atoms with E-state index < -0.39 is 0 Å². The van der Waals surface area contributed by atoms with Crippen LogP contribution in [0.2, 0.25) is 0 Å². The maximum Gasteiger partial charge on any atom is 0.242 e. The fourth-order valence-corrected chi connectivity index (χ4v) is 3.19. The molecule has 0 radical (unpaired) electrons. The van der Waals surface area contributed by atoms with Gasteiger partial charge in [-0.15, -0.1) is 0 Å². The van der Waals surface area contributed by atoms with Crippen LogP contribution in [-0.2, 0) is 22.7 Å².